The average Bonchev–Trinajstić information content (AvgIpc) is 2.63. The lowest BCUT2D eigenvalue weighted by Gasteiger charge is -2.25. The molecule has 0 aliphatic rings. The first-order valence-corrected chi connectivity index (χ1v) is 9.96. The van der Waals surface area contributed by atoms with Gasteiger partial charge in [-0.25, -0.2) is 0 Å². The zero-order valence-electron chi connectivity index (χ0n) is 15.9. The van der Waals surface area contributed by atoms with Crippen molar-refractivity contribution < 1.29 is 17.0 Å². The number of rotatable bonds is 8. The van der Waals surface area contributed by atoms with Crippen molar-refractivity contribution >= 4 is 27.3 Å². The molecule has 6 nitrogen and oxygen atoms in total. The van der Waals surface area contributed by atoms with Gasteiger partial charge in [0, 0.05) is 25.9 Å². The number of ether oxygens (including phenoxy) is 1. The zero-order valence-corrected chi connectivity index (χ0v) is 16.8. The molecule has 2 aromatic rings. The number of hydrogen-bond donors (Lipinski definition) is 0. The van der Waals surface area contributed by atoms with Gasteiger partial charge in [0.2, 0.25) is 0 Å². The highest BCUT2D eigenvalue weighted by Crippen LogP contribution is 2.30. The van der Waals surface area contributed by atoms with Gasteiger partial charge in [-0.2, -0.15) is 18.6 Å². The predicted molar refractivity (Wildman–Crippen MR) is 105 cm³/mol. The number of aryl methyl sites for hydroxylation is 2. The second kappa shape index (κ2) is 9.05. The Balaban J connectivity index is 2.24. The van der Waals surface area contributed by atoms with Gasteiger partial charge in [-0.15, -0.1) is 3.89 Å². The van der Waals surface area contributed by atoms with E-state index in [1.807, 2.05) is 19.9 Å². The molecule has 0 amide bonds. The van der Waals surface area contributed by atoms with E-state index in [1.165, 1.54) is 24.3 Å². The molecule has 0 fully saturated rings. The summed E-state index contributed by atoms with van der Waals surface area (Å²) in [6.07, 6.45) is 0. The standard InChI is InChI=1S/C19H24FN3O3S/c1-5-23(10-11-26-4)19-13-14(2)18(12-15(19)3)22-21-16-6-8-17(9-7-16)27(20,24)25/h6-9,12-13H,5,10-11H2,1-4H3/b22-21+. The largest absolute Gasteiger partial charge is 0.383 e. The minimum absolute atomic E-state index is 0.395. The molecule has 0 aromatic heterocycles. The first-order valence-electron chi connectivity index (χ1n) is 8.58. The van der Waals surface area contributed by atoms with Gasteiger partial charge in [0.15, 0.2) is 0 Å². The Labute approximate surface area is 159 Å². The maximum absolute atomic E-state index is 12.9. The maximum atomic E-state index is 12.9. The lowest BCUT2D eigenvalue weighted by Crippen LogP contribution is -2.27. The quantitative estimate of drug-likeness (QED) is 0.475. The van der Waals surface area contributed by atoms with Crippen LogP contribution in [0.15, 0.2) is 51.5 Å². The average molecular weight is 393 g/mol. The first kappa shape index (κ1) is 21.0. The van der Waals surface area contributed by atoms with Crippen molar-refractivity contribution in [3.05, 3.63) is 47.5 Å². The summed E-state index contributed by atoms with van der Waals surface area (Å²) in [6.45, 7) is 8.40. The van der Waals surface area contributed by atoms with Crippen molar-refractivity contribution in [2.24, 2.45) is 10.2 Å². The van der Waals surface area contributed by atoms with Crippen LogP contribution >= 0.6 is 0 Å². The number of anilines is 1. The van der Waals surface area contributed by atoms with Crippen LogP contribution in [0.5, 0.6) is 0 Å². The molecular weight excluding hydrogens is 369 g/mol. The Bertz CT molecular complexity index is 913. The summed E-state index contributed by atoms with van der Waals surface area (Å²) in [5, 5.41) is 8.38. The Hall–Kier alpha value is -2.32. The van der Waals surface area contributed by atoms with Crippen molar-refractivity contribution in [3.8, 4) is 0 Å². The highest BCUT2D eigenvalue weighted by Gasteiger charge is 2.12. The molecule has 8 heteroatoms. The van der Waals surface area contributed by atoms with E-state index in [-0.39, 0.29) is 0 Å². The van der Waals surface area contributed by atoms with Crippen molar-refractivity contribution in [1.82, 2.24) is 0 Å². The molecule has 146 valence electrons. The Morgan fingerprint density at radius 1 is 1.07 bits per heavy atom. The van der Waals surface area contributed by atoms with Crippen LogP contribution in [0.25, 0.3) is 0 Å². The summed E-state index contributed by atoms with van der Waals surface area (Å²) in [4.78, 5) is 1.84. The molecule has 0 N–H and O–H groups in total. The molecule has 2 aromatic carbocycles. The SMILES string of the molecule is CCN(CCOC)c1cc(C)c(/N=N/c2ccc(S(=O)(=O)F)cc2)cc1C. The molecule has 0 spiro atoms. The van der Waals surface area contributed by atoms with Gasteiger partial charge in [-0.05, 0) is 68.3 Å². The topological polar surface area (TPSA) is 71.3 Å². The van der Waals surface area contributed by atoms with Gasteiger partial charge in [0.05, 0.1) is 22.9 Å². The van der Waals surface area contributed by atoms with Crippen molar-refractivity contribution in [2.75, 3.05) is 31.7 Å². The van der Waals surface area contributed by atoms with E-state index in [1.54, 1.807) is 7.11 Å². The van der Waals surface area contributed by atoms with Crippen LogP contribution in [0, 0.1) is 13.8 Å². The van der Waals surface area contributed by atoms with Crippen LogP contribution in [-0.4, -0.2) is 35.2 Å². The van der Waals surface area contributed by atoms with Gasteiger partial charge >= 0.3 is 10.2 Å². The maximum Gasteiger partial charge on any atom is 0.332 e. The van der Waals surface area contributed by atoms with E-state index in [0.717, 1.165) is 35.6 Å². The van der Waals surface area contributed by atoms with Crippen molar-refractivity contribution in [2.45, 2.75) is 25.7 Å². The normalized spacial score (nSPS) is 11.9. The van der Waals surface area contributed by atoms with Crippen LogP contribution in [0.4, 0.5) is 20.9 Å². The molecule has 0 saturated carbocycles. The molecule has 2 rings (SSSR count). The number of likely N-dealkylation sites (N-methyl/N-ethyl adjacent to an activating group) is 1. The molecule has 27 heavy (non-hydrogen) atoms. The van der Waals surface area contributed by atoms with E-state index < -0.39 is 15.1 Å². The molecule has 0 unspecified atom stereocenters. The third kappa shape index (κ3) is 5.58. The predicted octanol–water partition coefficient (Wildman–Crippen LogP) is 4.85. The fraction of sp³-hybridized carbons (Fsp3) is 0.368. The summed E-state index contributed by atoms with van der Waals surface area (Å²) in [6, 6.07) is 9.19. The van der Waals surface area contributed by atoms with Gasteiger partial charge in [-0.1, -0.05) is 0 Å². The van der Waals surface area contributed by atoms with Crippen LogP contribution in [0.1, 0.15) is 18.1 Å². The smallest absolute Gasteiger partial charge is 0.332 e. The van der Waals surface area contributed by atoms with Crippen LogP contribution in [0.2, 0.25) is 0 Å². The lowest BCUT2D eigenvalue weighted by molar-refractivity contribution is 0.205. The minimum atomic E-state index is -4.71. The summed E-state index contributed by atoms with van der Waals surface area (Å²) in [7, 11) is -3.02. The summed E-state index contributed by atoms with van der Waals surface area (Å²) in [5.74, 6) is 0. The number of methoxy groups -OCH3 is 1. The Kier molecular flexibility index (Phi) is 7.04. The number of hydrogen-bond acceptors (Lipinski definition) is 6. The third-order valence-electron chi connectivity index (χ3n) is 4.19. The van der Waals surface area contributed by atoms with Gasteiger partial charge in [-0.3, -0.25) is 0 Å². The first-order chi connectivity index (χ1) is 12.8. The second-order valence-corrected chi connectivity index (χ2v) is 7.48. The fourth-order valence-electron chi connectivity index (χ4n) is 2.67. The van der Waals surface area contributed by atoms with E-state index in [9.17, 15) is 12.3 Å². The van der Waals surface area contributed by atoms with Crippen LogP contribution < -0.4 is 4.90 Å². The second-order valence-electron chi connectivity index (χ2n) is 6.13. The van der Waals surface area contributed by atoms with E-state index in [2.05, 4.69) is 28.1 Å². The molecule has 0 heterocycles. The van der Waals surface area contributed by atoms with Crippen LogP contribution in [0.3, 0.4) is 0 Å². The van der Waals surface area contributed by atoms with E-state index >= 15 is 0 Å². The minimum Gasteiger partial charge on any atom is -0.383 e. The molecule has 0 atom stereocenters. The molecule has 0 saturated heterocycles. The number of nitrogens with zero attached hydrogens (tertiary/aromatic N) is 3. The molecule has 0 aliphatic heterocycles. The monoisotopic (exact) mass is 393 g/mol. The highest BCUT2D eigenvalue weighted by atomic mass is 32.3. The third-order valence-corrected chi connectivity index (χ3v) is 5.03. The summed E-state index contributed by atoms with van der Waals surface area (Å²) >= 11 is 0. The Morgan fingerprint density at radius 2 is 1.74 bits per heavy atom. The van der Waals surface area contributed by atoms with Crippen molar-refractivity contribution in [1.29, 1.82) is 0 Å². The fourth-order valence-corrected chi connectivity index (χ4v) is 3.13. The van der Waals surface area contributed by atoms with Crippen LogP contribution in [-0.2, 0) is 15.0 Å². The number of azo groups is 1. The number of benzene rings is 2. The van der Waals surface area contributed by atoms with Gasteiger partial charge < -0.3 is 9.64 Å². The zero-order chi connectivity index (χ0) is 20.0. The van der Waals surface area contributed by atoms with E-state index in [0.29, 0.717) is 12.3 Å². The molecule has 0 bridgehead atoms. The Morgan fingerprint density at radius 3 is 2.30 bits per heavy atom. The van der Waals surface area contributed by atoms with Gasteiger partial charge in [0.25, 0.3) is 0 Å². The number of halogens is 1. The summed E-state index contributed by atoms with van der Waals surface area (Å²) < 4.78 is 39.8. The lowest BCUT2D eigenvalue weighted by atomic mass is 10.1. The summed E-state index contributed by atoms with van der Waals surface area (Å²) in [5.41, 5.74) is 4.34. The van der Waals surface area contributed by atoms with Crippen molar-refractivity contribution in [3.63, 3.8) is 0 Å². The molecular formula is C19H24FN3O3S. The van der Waals surface area contributed by atoms with E-state index in [4.69, 9.17) is 4.74 Å². The van der Waals surface area contributed by atoms with Gasteiger partial charge in [0.1, 0.15) is 0 Å². The molecule has 0 radical (unpaired) electrons. The molecule has 0 aliphatic carbocycles. The highest BCUT2D eigenvalue weighted by molar-refractivity contribution is 7.86.